The number of esters is 2. The van der Waals surface area contributed by atoms with Gasteiger partial charge in [0.05, 0.1) is 13.2 Å². The predicted molar refractivity (Wildman–Crippen MR) is 157 cm³/mol. The Labute approximate surface area is 265 Å². The van der Waals surface area contributed by atoms with E-state index in [9.17, 15) is 14.7 Å². The number of ether oxygens (including phenoxy) is 9. The summed E-state index contributed by atoms with van der Waals surface area (Å²) >= 11 is 1.42. The number of carbonyl (C=O) groups is 2. The van der Waals surface area contributed by atoms with Gasteiger partial charge in [-0.3, -0.25) is 9.59 Å². The van der Waals surface area contributed by atoms with Gasteiger partial charge >= 0.3 is 11.9 Å². The van der Waals surface area contributed by atoms with Crippen molar-refractivity contribution in [1.82, 2.24) is 0 Å². The quantitative estimate of drug-likeness (QED) is 0.421. The lowest BCUT2D eigenvalue weighted by Crippen LogP contribution is -2.67. The number of rotatable bonds is 8. The van der Waals surface area contributed by atoms with Crippen LogP contribution in [0.2, 0.25) is 0 Å². The van der Waals surface area contributed by atoms with Gasteiger partial charge in [-0.2, -0.15) is 0 Å². The number of aliphatic hydroxyl groups is 1. The van der Waals surface area contributed by atoms with Gasteiger partial charge in [0.15, 0.2) is 31.1 Å². The van der Waals surface area contributed by atoms with Gasteiger partial charge in [0, 0.05) is 25.0 Å². The first-order chi connectivity index (χ1) is 21.8. The second-order valence-corrected chi connectivity index (χ2v) is 12.5. The predicted octanol–water partition coefficient (Wildman–Crippen LogP) is 3.03. The molecule has 0 saturated carbocycles. The Morgan fingerprint density at radius 1 is 0.756 bits per heavy atom. The maximum atomic E-state index is 12.4. The third-order valence-corrected chi connectivity index (χ3v) is 9.01. The first-order valence-electron chi connectivity index (χ1n) is 15.1. The summed E-state index contributed by atoms with van der Waals surface area (Å²) in [5.41, 5.74) is 0.908. The van der Waals surface area contributed by atoms with E-state index in [-0.39, 0.29) is 13.2 Å². The minimum atomic E-state index is -1.28. The molecule has 2 aromatic carbocycles. The van der Waals surface area contributed by atoms with Crippen molar-refractivity contribution in [3.8, 4) is 0 Å². The normalized spacial score (nSPS) is 38.0. The van der Waals surface area contributed by atoms with E-state index in [1.807, 2.05) is 67.6 Å². The number of aliphatic hydroxyl groups excluding tert-OH is 1. The lowest BCUT2D eigenvalue weighted by Gasteiger charge is -2.51. The lowest BCUT2D eigenvalue weighted by molar-refractivity contribution is -0.389. The molecule has 4 aliphatic heterocycles. The Kier molecular flexibility index (Phi) is 10.4. The van der Waals surface area contributed by atoms with Gasteiger partial charge in [0.25, 0.3) is 0 Å². The van der Waals surface area contributed by atoms with Gasteiger partial charge in [-0.15, -0.1) is 11.8 Å². The van der Waals surface area contributed by atoms with Crippen molar-refractivity contribution < 1.29 is 57.3 Å². The Hall–Kier alpha value is -2.59. The molecular weight excluding hydrogens is 608 g/mol. The number of hydrogen-bond donors (Lipinski definition) is 1. The summed E-state index contributed by atoms with van der Waals surface area (Å²) in [7, 11) is 0. The fourth-order valence-corrected chi connectivity index (χ4v) is 6.93. The standard InChI is InChI=1S/C32H38O12S/c1-4-45-32-23(35)26(24-22(41-32)16-37-29(42-24)19-11-7-5-8-12-19)44-31-28(39-18(3)34)27(38-17(2)33)25-21(40-31)15-36-30(43-25)20-13-9-6-10-14-20/h5-14,21-32,35H,4,15-16H2,1-3H3/t21-,22-,23-,24-,25-,26-,27+,28-,29?,30?,31?,32+/m1/s1. The molecule has 4 fully saturated rings. The maximum Gasteiger partial charge on any atom is 0.303 e. The molecule has 12 nitrogen and oxygen atoms in total. The third kappa shape index (κ3) is 7.22. The number of fused-ring (bicyclic) bond motifs is 2. The van der Waals surface area contributed by atoms with Crippen LogP contribution in [0.5, 0.6) is 0 Å². The summed E-state index contributed by atoms with van der Waals surface area (Å²) in [5.74, 6) is -0.575. The van der Waals surface area contributed by atoms with Crippen LogP contribution < -0.4 is 0 Å². The van der Waals surface area contributed by atoms with E-state index in [2.05, 4.69) is 0 Å². The zero-order valence-electron chi connectivity index (χ0n) is 25.2. The minimum Gasteiger partial charge on any atom is -0.455 e. The molecule has 0 bridgehead atoms. The first kappa shape index (κ1) is 32.4. The molecule has 0 aromatic heterocycles. The van der Waals surface area contributed by atoms with Gasteiger partial charge in [-0.05, 0) is 5.75 Å². The van der Waals surface area contributed by atoms with Crippen molar-refractivity contribution >= 4 is 23.7 Å². The van der Waals surface area contributed by atoms with Crippen LogP contribution >= 0.6 is 11.8 Å². The summed E-state index contributed by atoms with van der Waals surface area (Å²) in [6, 6.07) is 18.7. The Balaban J connectivity index is 1.29. The Morgan fingerprint density at radius 3 is 1.80 bits per heavy atom. The molecule has 4 saturated heterocycles. The zero-order valence-corrected chi connectivity index (χ0v) is 26.0. The molecule has 45 heavy (non-hydrogen) atoms. The van der Waals surface area contributed by atoms with Gasteiger partial charge in [0.2, 0.25) is 0 Å². The molecule has 12 atom stereocenters. The van der Waals surface area contributed by atoms with Crippen molar-refractivity contribution in [1.29, 1.82) is 0 Å². The highest BCUT2D eigenvalue weighted by molar-refractivity contribution is 7.99. The van der Waals surface area contributed by atoms with Crippen LogP contribution in [0.3, 0.4) is 0 Å². The highest BCUT2D eigenvalue weighted by Crippen LogP contribution is 2.41. The average molecular weight is 647 g/mol. The van der Waals surface area contributed by atoms with Crippen molar-refractivity contribution in [3.63, 3.8) is 0 Å². The second kappa shape index (κ2) is 14.4. The van der Waals surface area contributed by atoms with Crippen LogP contribution in [0.15, 0.2) is 60.7 Å². The first-order valence-corrected chi connectivity index (χ1v) is 16.1. The van der Waals surface area contributed by atoms with Gasteiger partial charge in [-0.1, -0.05) is 67.6 Å². The van der Waals surface area contributed by atoms with Crippen molar-refractivity contribution in [2.75, 3.05) is 19.0 Å². The number of thioether (sulfide) groups is 1. The van der Waals surface area contributed by atoms with Crippen LogP contribution in [-0.2, 0) is 52.2 Å². The molecular formula is C32H38O12S. The summed E-state index contributed by atoms with van der Waals surface area (Å²) in [5, 5.41) is 11.6. The van der Waals surface area contributed by atoms with E-state index in [1.54, 1.807) is 0 Å². The fraction of sp³-hybridized carbons (Fsp3) is 0.562. The number of hydrogen-bond acceptors (Lipinski definition) is 13. The smallest absolute Gasteiger partial charge is 0.303 e. The monoisotopic (exact) mass is 646 g/mol. The highest BCUT2D eigenvalue weighted by Gasteiger charge is 2.57. The number of carbonyl (C=O) groups excluding carboxylic acids is 2. The van der Waals surface area contributed by atoms with Crippen molar-refractivity contribution in [3.05, 3.63) is 71.8 Å². The van der Waals surface area contributed by atoms with E-state index in [0.29, 0.717) is 5.75 Å². The second-order valence-electron chi connectivity index (χ2n) is 11.1. The SMILES string of the molecule is CCS[C@@H]1O[C@@H]2COC(c3ccccc3)O[C@H]2[C@H](OC2O[C@@H]3COC(c4ccccc4)O[C@H]3[C@H](OC(C)=O)[C@H]2OC(C)=O)[C@H]1O. The van der Waals surface area contributed by atoms with Crippen LogP contribution in [0.25, 0.3) is 0 Å². The topological polar surface area (TPSA) is 137 Å². The van der Waals surface area contributed by atoms with Crippen LogP contribution in [-0.4, -0.2) is 96.6 Å². The summed E-state index contributed by atoms with van der Waals surface area (Å²) in [4.78, 5) is 24.8. The van der Waals surface area contributed by atoms with Crippen LogP contribution in [0.4, 0.5) is 0 Å². The summed E-state index contributed by atoms with van der Waals surface area (Å²) < 4.78 is 55.2. The molecule has 3 unspecified atom stereocenters. The Morgan fingerprint density at radius 2 is 1.27 bits per heavy atom. The van der Waals surface area contributed by atoms with Crippen molar-refractivity contribution in [2.45, 2.75) is 93.9 Å². The van der Waals surface area contributed by atoms with Gasteiger partial charge < -0.3 is 47.7 Å². The Bertz CT molecular complexity index is 1280. The molecule has 1 N–H and O–H groups in total. The number of benzene rings is 2. The largest absolute Gasteiger partial charge is 0.455 e. The van der Waals surface area contributed by atoms with E-state index in [1.165, 1.54) is 25.6 Å². The molecule has 6 rings (SSSR count). The molecule has 0 aliphatic carbocycles. The molecule has 13 heteroatoms. The molecule has 0 amide bonds. The van der Waals surface area contributed by atoms with Gasteiger partial charge in [0.1, 0.15) is 42.1 Å². The van der Waals surface area contributed by atoms with E-state index >= 15 is 0 Å². The minimum absolute atomic E-state index is 0.0752. The van der Waals surface area contributed by atoms with Gasteiger partial charge in [-0.25, -0.2) is 0 Å². The molecule has 4 aliphatic rings. The third-order valence-electron chi connectivity index (χ3n) is 7.96. The summed E-state index contributed by atoms with van der Waals surface area (Å²) in [6.07, 6.45) is -10.2. The van der Waals surface area contributed by atoms with Crippen LogP contribution in [0.1, 0.15) is 44.5 Å². The molecule has 0 spiro atoms. The molecule has 244 valence electrons. The molecule has 2 aromatic rings. The molecule has 4 heterocycles. The fourth-order valence-electron chi connectivity index (χ4n) is 6.03. The van der Waals surface area contributed by atoms with E-state index in [4.69, 9.17) is 42.6 Å². The molecule has 0 radical (unpaired) electrons. The average Bonchev–Trinajstić information content (AvgIpc) is 3.04. The zero-order chi connectivity index (χ0) is 31.5. The lowest BCUT2D eigenvalue weighted by atomic mass is 9.95. The maximum absolute atomic E-state index is 12.4. The highest BCUT2D eigenvalue weighted by atomic mass is 32.2. The van der Waals surface area contributed by atoms with E-state index in [0.717, 1.165) is 11.1 Å². The van der Waals surface area contributed by atoms with E-state index < -0.39 is 85.1 Å². The van der Waals surface area contributed by atoms with Crippen LogP contribution in [0, 0.1) is 0 Å². The summed E-state index contributed by atoms with van der Waals surface area (Å²) in [6.45, 7) is 4.73. The van der Waals surface area contributed by atoms with Crippen molar-refractivity contribution in [2.24, 2.45) is 0 Å².